The maximum atomic E-state index is 12.1. The molecule has 0 atom stereocenters. The molecule has 0 aromatic heterocycles. The summed E-state index contributed by atoms with van der Waals surface area (Å²) >= 11 is 1.48. The van der Waals surface area contributed by atoms with E-state index in [0.717, 1.165) is 11.3 Å². The Hall–Kier alpha value is -3.73. The van der Waals surface area contributed by atoms with Gasteiger partial charge < -0.3 is 16.0 Å². The summed E-state index contributed by atoms with van der Waals surface area (Å²) in [4.78, 5) is 72.1. The van der Waals surface area contributed by atoms with E-state index in [4.69, 9.17) is 0 Å². The highest BCUT2D eigenvalue weighted by Gasteiger charge is 2.14. The Labute approximate surface area is 299 Å². The number of benzene rings is 1. The standard InChI is InChI=1S/C34H56N6O9S/c1-27-12-14-29(15-13-27)50-26-32(44)37-22-8-5-11-25-40(49)34(46)19-17-31(43)36-21-7-4-10-24-39(48)33(45)18-16-30(42)35-20-6-3-9-23-38(47)28(2)41/h12-15,47-49H,3-11,16-26H2,1-2H3,(H,35,42)(H,36,43)(H,37,44). The first kappa shape index (κ1) is 44.3. The third-order valence-corrected chi connectivity index (χ3v) is 8.58. The largest absolute Gasteiger partial charge is 0.356 e. The Balaban J connectivity index is 1.99. The molecule has 16 heteroatoms. The van der Waals surface area contributed by atoms with Crippen LogP contribution >= 0.6 is 11.8 Å². The maximum absolute atomic E-state index is 12.1. The fourth-order valence-electron chi connectivity index (χ4n) is 4.49. The zero-order chi connectivity index (χ0) is 37.1. The van der Waals surface area contributed by atoms with Crippen LogP contribution in [0.2, 0.25) is 0 Å². The normalized spacial score (nSPS) is 10.7. The van der Waals surface area contributed by atoms with Gasteiger partial charge in [-0.05, 0) is 76.8 Å². The van der Waals surface area contributed by atoms with Crippen LogP contribution in [0.1, 0.15) is 96.0 Å². The molecule has 15 nitrogen and oxygen atoms in total. The van der Waals surface area contributed by atoms with Crippen molar-refractivity contribution in [1.29, 1.82) is 0 Å². The van der Waals surface area contributed by atoms with Crippen molar-refractivity contribution in [3.8, 4) is 0 Å². The summed E-state index contributed by atoms with van der Waals surface area (Å²) in [5, 5.41) is 39.3. The van der Waals surface area contributed by atoms with Gasteiger partial charge in [0.2, 0.25) is 35.4 Å². The van der Waals surface area contributed by atoms with Crippen LogP contribution in [0.4, 0.5) is 0 Å². The van der Waals surface area contributed by atoms with E-state index >= 15 is 0 Å². The van der Waals surface area contributed by atoms with Crippen molar-refractivity contribution in [3.63, 3.8) is 0 Å². The number of nitrogens with zero attached hydrogens (tertiary/aromatic N) is 3. The van der Waals surface area contributed by atoms with Crippen LogP contribution < -0.4 is 16.0 Å². The van der Waals surface area contributed by atoms with E-state index < -0.39 is 17.7 Å². The predicted molar refractivity (Wildman–Crippen MR) is 187 cm³/mol. The van der Waals surface area contributed by atoms with Gasteiger partial charge in [-0.3, -0.25) is 44.4 Å². The smallest absolute Gasteiger partial charge is 0.246 e. The SMILES string of the molecule is CC(=O)N(O)CCCCCNC(=O)CCC(=O)N(O)CCCCCNC(=O)CCC(=O)N(O)CCCCCNC(=O)CSc1ccc(C)cc1. The first-order valence-corrected chi connectivity index (χ1v) is 18.3. The maximum Gasteiger partial charge on any atom is 0.246 e. The minimum absolute atomic E-state index is 0.0439. The van der Waals surface area contributed by atoms with Gasteiger partial charge in [0.05, 0.1) is 5.75 Å². The average Bonchev–Trinajstić information content (AvgIpc) is 3.09. The lowest BCUT2D eigenvalue weighted by Crippen LogP contribution is -2.31. The van der Waals surface area contributed by atoms with Gasteiger partial charge >= 0.3 is 0 Å². The van der Waals surface area contributed by atoms with Gasteiger partial charge in [-0.2, -0.15) is 0 Å². The summed E-state index contributed by atoms with van der Waals surface area (Å²) in [6.45, 7) is 5.05. The van der Waals surface area contributed by atoms with E-state index in [1.54, 1.807) is 0 Å². The van der Waals surface area contributed by atoms with E-state index in [1.165, 1.54) is 24.2 Å². The molecule has 0 heterocycles. The zero-order valence-electron chi connectivity index (χ0n) is 29.5. The first-order valence-electron chi connectivity index (χ1n) is 17.3. The molecule has 282 valence electrons. The highest BCUT2D eigenvalue weighted by Crippen LogP contribution is 2.17. The van der Waals surface area contributed by atoms with Crippen LogP contribution in [0.5, 0.6) is 0 Å². The lowest BCUT2D eigenvalue weighted by Gasteiger charge is -2.15. The quantitative estimate of drug-likeness (QED) is 0.0338. The van der Waals surface area contributed by atoms with Crippen LogP contribution in [0, 0.1) is 6.92 Å². The number of unbranched alkanes of at least 4 members (excludes halogenated alkanes) is 6. The molecule has 1 aromatic carbocycles. The van der Waals surface area contributed by atoms with Crippen molar-refractivity contribution in [1.82, 2.24) is 31.1 Å². The summed E-state index contributed by atoms with van der Waals surface area (Å²) in [6, 6.07) is 7.98. The summed E-state index contributed by atoms with van der Waals surface area (Å²) in [6.07, 6.45) is 5.34. The molecule has 0 spiro atoms. The summed E-state index contributed by atoms with van der Waals surface area (Å²) in [5.41, 5.74) is 1.17. The molecule has 6 N–H and O–H groups in total. The van der Waals surface area contributed by atoms with Gasteiger partial charge in [-0.25, -0.2) is 15.2 Å². The molecule has 0 radical (unpaired) electrons. The molecule has 0 bridgehead atoms. The molecule has 0 aliphatic rings. The van der Waals surface area contributed by atoms with E-state index in [9.17, 15) is 44.4 Å². The van der Waals surface area contributed by atoms with Gasteiger partial charge in [0.25, 0.3) is 0 Å². The second-order valence-electron chi connectivity index (χ2n) is 12.0. The first-order chi connectivity index (χ1) is 23.9. The monoisotopic (exact) mass is 724 g/mol. The number of aryl methyl sites for hydroxylation is 1. The number of carbonyl (C=O) groups excluding carboxylic acids is 6. The van der Waals surface area contributed by atoms with Crippen molar-refractivity contribution in [2.75, 3.05) is 45.0 Å². The third-order valence-electron chi connectivity index (χ3n) is 7.57. The highest BCUT2D eigenvalue weighted by molar-refractivity contribution is 8.00. The van der Waals surface area contributed by atoms with Crippen molar-refractivity contribution in [2.24, 2.45) is 0 Å². The Morgan fingerprint density at radius 2 is 0.960 bits per heavy atom. The molecule has 0 saturated heterocycles. The van der Waals surface area contributed by atoms with Crippen LogP contribution in [0.3, 0.4) is 0 Å². The summed E-state index contributed by atoms with van der Waals surface area (Å²) in [5.74, 6) is -1.84. The van der Waals surface area contributed by atoms with Gasteiger partial charge in [-0.15, -0.1) is 11.8 Å². The van der Waals surface area contributed by atoms with Crippen molar-refractivity contribution >= 4 is 47.2 Å². The number of carbonyl (C=O) groups is 6. The highest BCUT2D eigenvalue weighted by atomic mass is 32.2. The van der Waals surface area contributed by atoms with E-state index in [1.807, 2.05) is 31.2 Å². The second kappa shape index (κ2) is 27.1. The second-order valence-corrected chi connectivity index (χ2v) is 13.1. The number of thioether (sulfide) groups is 1. The topological polar surface area (TPSA) is 209 Å². The fraction of sp³-hybridized carbons (Fsp3) is 0.647. The minimum Gasteiger partial charge on any atom is -0.356 e. The molecule has 0 saturated carbocycles. The van der Waals surface area contributed by atoms with Gasteiger partial charge in [0, 0.05) is 76.8 Å². The van der Waals surface area contributed by atoms with E-state index in [-0.39, 0.29) is 63.0 Å². The van der Waals surface area contributed by atoms with Crippen molar-refractivity contribution < 1.29 is 44.4 Å². The molecule has 0 fully saturated rings. The van der Waals surface area contributed by atoms with E-state index in [2.05, 4.69) is 16.0 Å². The molecule has 0 aliphatic heterocycles. The number of nitrogens with one attached hydrogen (secondary N) is 3. The van der Waals surface area contributed by atoms with Crippen LogP contribution in [0.25, 0.3) is 0 Å². The lowest BCUT2D eigenvalue weighted by atomic mass is 10.2. The molecular weight excluding hydrogens is 668 g/mol. The van der Waals surface area contributed by atoms with Gasteiger partial charge in [-0.1, -0.05) is 17.7 Å². The molecule has 1 rings (SSSR count). The van der Waals surface area contributed by atoms with E-state index in [0.29, 0.717) is 91.9 Å². The van der Waals surface area contributed by atoms with Crippen molar-refractivity contribution in [3.05, 3.63) is 29.8 Å². The third kappa shape index (κ3) is 22.8. The zero-order valence-corrected chi connectivity index (χ0v) is 30.3. The molecule has 0 aliphatic carbocycles. The number of hydrogen-bond donors (Lipinski definition) is 6. The summed E-state index contributed by atoms with van der Waals surface area (Å²) in [7, 11) is 0. The number of amides is 6. The lowest BCUT2D eigenvalue weighted by molar-refractivity contribution is -0.166. The van der Waals surface area contributed by atoms with Crippen LogP contribution in [0.15, 0.2) is 29.2 Å². The van der Waals surface area contributed by atoms with Crippen molar-refractivity contribution in [2.45, 2.75) is 102 Å². The molecule has 6 amide bonds. The molecule has 1 aromatic rings. The Morgan fingerprint density at radius 3 is 1.38 bits per heavy atom. The minimum atomic E-state index is -0.559. The fourth-order valence-corrected chi connectivity index (χ4v) is 5.22. The average molecular weight is 725 g/mol. The summed E-state index contributed by atoms with van der Waals surface area (Å²) < 4.78 is 0. The van der Waals surface area contributed by atoms with Gasteiger partial charge in [0.1, 0.15) is 0 Å². The Kier molecular flexibility index (Phi) is 24.0. The van der Waals surface area contributed by atoms with Crippen LogP contribution in [-0.2, 0) is 28.8 Å². The molecular formula is C34H56N6O9S. The van der Waals surface area contributed by atoms with Gasteiger partial charge in [0.15, 0.2) is 0 Å². The Bertz CT molecular complexity index is 1190. The molecule has 0 unspecified atom stereocenters. The number of hydroxylamine groups is 6. The number of rotatable bonds is 27. The predicted octanol–water partition coefficient (Wildman–Crippen LogP) is 3.18. The van der Waals surface area contributed by atoms with Crippen LogP contribution in [-0.4, -0.2) is 111 Å². The molecule has 50 heavy (non-hydrogen) atoms. The number of hydrogen-bond acceptors (Lipinski definition) is 10. The Morgan fingerprint density at radius 1 is 0.560 bits per heavy atom.